The van der Waals surface area contributed by atoms with E-state index in [1.807, 2.05) is 0 Å². The van der Waals surface area contributed by atoms with Gasteiger partial charge in [0.25, 0.3) is 0 Å². The van der Waals surface area contributed by atoms with E-state index in [1.54, 1.807) is 0 Å². The van der Waals surface area contributed by atoms with Gasteiger partial charge in [0.2, 0.25) is 0 Å². The van der Waals surface area contributed by atoms with E-state index < -0.39 is 0 Å². The molecule has 96 valence electrons. The van der Waals surface area contributed by atoms with Crippen LogP contribution in [-0.4, -0.2) is 32.6 Å². The van der Waals surface area contributed by atoms with Gasteiger partial charge in [-0.3, -0.25) is 9.58 Å². The van der Waals surface area contributed by atoms with Crippen molar-refractivity contribution in [3.8, 4) is 0 Å². The Labute approximate surface area is 112 Å². The van der Waals surface area contributed by atoms with Gasteiger partial charge in [-0.25, -0.2) is 0 Å². The molecule has 1 aliphatic heterocycles. The monoisotopic (exact) mass is 299 g/mol. The Bertz CT molecular complexity index is 350. The first-order valence-electron chi connectivity index (χ1n) is 6.59. The fourth-order valence-corrected chi connectivity index (χ4v) is 3.00. The number of rotatable bonds is 4. The molecule has 1 aromatic rings. The number of likely N-dealkylation sites (tertiary alicyclic amines) is 1. The highest BCUT2D eigenvalue weighted by Gasteiger charge is 2.18. The van der Waals surface area contributed by atoms with Crippen LogP contribution in [0.2, 0.25) is 0 Å². The molecular weight excluding hydrogens is 278 g/mol. The van der Waals surface area contributed by atoms with Crippen LogP contribution in [0.5, 0.6) is 0 Å². The van der Waals surface area contributed by atoms with Gasteiger partial charge in [0, 0.05) is 30.2 Å². The minimum Gasteiger partial charge on any atom is -0.296 e. The maximum absolute atomic E-state index is 4.66. The highest BCUT2D eigenvalue weighted by atomic mass is 79.9. The molecule has 3 nitrogen and oxygen atoms in total. The summed E-state index contributed by atoms with van der Waals surface area (Å²) in [6.07, 6.45) is 5.84. The number of piperidine rings is 1. The minimum absolute atomic E-state index is 0.508. The number of aromatic nitrogens is 2. The molecule has 2 heterocycles. The summed E-state index contributed by atoms with van der Waals surface area (Å²) in [6, 6.07) is 2.67. The summed E-state index contributed by atoms with van der Waals surface area (Å²) < 4.78 is 2.09. The average Bonchev–Trinajstić information content (AvgIpc) is 2.76. The predicted molar refractivity (Wildman–Crippen MR) is 74.5 cm³/mol. The number of hydrogen-bond donors (Lipinski definition) is 0. The Morgan fingerprint density at radius 3 is 3.12 bits per heavy atom. The van der Waals surface area contributed by atoms with Crippen molar-refractivity contribution in [3.63, 3.8) is 0 Å². The van der Waals surface area contributed by atoms with Crippen molar-refractivity contribution in [2.45, 2.75) is 50.5 Å². The molecule has 1 saturated heterocycles. The lowest BCUT2D eigenvalue weighted by molar-refractivity contribution is 0.224. The first-order chi connectivity index (χ1) is 8.19. The second-order valence-corrected chi connectivity index (χ2v) is 6.31. The zero-order valence-electron chi connectivity index (χ0n) is 10.8. The number of alkyl halides is 1. The fourth-order valence-electron chi connectivity index (χ4n) is 2.27. The molecule has 17 heavy (non-hydrogen) atoms. The molecule has 2 atom stereocenters. The van der Waals surface area contributed by atoms with E-state index in [9.17, 15) is 0 Å². The van der Waals surface area contributed by atoms with Gasteiger partial charge in [-0.2, -0.15) is 5.10 Å². The smallest absolute Gasteiger partial charge is 0.0764 e. The highest BCUT2D eigenvalue weighted by molar-refractivity contribution is 9.09. The van der Waals surface area contributed by atoms with Crippen molar-refractivity contribution in [1.29, 1.82) is 0 Å². The molecule has 0 bridgehead atoms. The normalized spacial score (nSPS) is 23.8. The molecule has 0 spiro atoms. The van der Waals surface area contributed by atoms with Crippen molar-refractivity contribution in [3.05, 3.63) is 18.0 Å². The van der Waals surface area contributed by atoms with E-state index in [0.717, 1.165) is 19.5 Å². The Balaban J connectivity index is 1.92. The lowest BCUT2D eigenvalue weighted by atomic mass is 10.1. The van der Waals surface area contributed by atoms with Crippen LogP contribution in [0.4, 0.5) is 0 Å². The van der Waals surface area contributed by atoms with Crippen molar-refractivity contribution >= 4 is 15.9 Å². The Kier molecular flexibility index (Phi) is 4.62. The molecule has 0 radical (unpaired) electrons. The molecule has 0 aliphatic carbocycles. The van der Waals surface area contributed by atoms with E-state index in [4.69, 9.17) is 0 Å². The second-order valence-electron chi connectivity index (χ2n) is 5.02. The quantitative estimate of drug-likeness (QED) is 0.796. The third-order valence-electron chi connectivity index (χ3n) is 3.54. The summed E-state index contributed by atoms with van der Waals surface area (Å²) in [7, 11) is 0. The van der Waals surface area contributed by atoms with Crippen LogP contribution in [-0.2, 0) is 6.54 Å². The molecule has 1 aliphatic rings. The SMILES string of the molecule is CCC(C)n1ccc(CN2CCCC(Br)C2)n1. The van der Waals surface area contributed by atoms with Crippen LogP contribution >= 0.6 is 15.9 Å². The summed E-state index contributed by atoms with van der Waals surface area (Å²) >= 11 is 3.71. The van der Waals surface area contributed by atoms with E-state index in [1.165, 1.54) is 25.1 Å². The molecule has 0 aromatic carbocycles. The summed E-state index contributed by atoms with van der Waals surface area (Å²) in [5.74, 6) is 0. The van der Waals surface area contributed by atoms with E-state index in [2.05, 4.69) is 56.7 Å². The molecule has 4 heteroatoms. The van der Waals surface area contributed by atoms with Crippen molar-refractivity contribution in [2.24, 2.45) is 0 Å². The third kappa shape index (κ3) is 3.55. The number of halogens is 1. The summed E-state index contributed by atoms with van der Waals surface area (Å²) in [5, 5.41) is 4.66. The predicted octanol–water partition coefficient (Wildman–Crippen LogP) is 3.21. The summed E-state index contributed by atoms with van der Waals surface area (Å²) in [6.45, 7) is 7.76. The Morgan fingerprint density at radius 2 is 2.41 bits per heavy atom. The Morgan fingerprint density at radius 1 is 1.59 bits per heavy atom. The van der Waals surface area contributed by atoms with Gasteiger partial charge in [0.05, 0.1) is 5.69 Å². The lowest BCUT2D eigenvalue weighted by Gasteiger charge is -2.29. The van der Waals surface area contributed by atoms with Crippen molar-refractivity contribution in [1.82, 2.24) is 14.7 Å². The maximum atomic E-state index is 4.66. The fraction of sp³-hybridized carbons (Fsp3) is 0.769. The standard InChI is InChI=1S/C13H22BrN3/c1-3-11(2)17-8-6-13(15-17)10-16-7-4-5-12(14)9-16/h6,8,11-12H,3-5,7,9-10H2,1-2H3. The summed E-state index contributed by atoms with van der Waals surface area (Å²) in [4.78, 5) is 3.15. The molecule has 1 fully saturated rings. The largest absolute Gasteiger partial charge is 0.296 e. The van der Waals surface area contributed by atoms with Crippen LogP contribution in [0, 0.1) is 0 Å². The first kappa shape index (κ1) is 13.1. The molecule has 1 aromatic heterocycles. The molecule has 0 N–H and O–H groups in total. The van der Waals surface area contributed by atoms with Crippen LogP contribution in [0.3, 0.4) is 0 Å². The highest BCUT2D eigenvalue weighted by Crippen LogP contribution is 2.18. The van der Waals surface area contributed by atoms with Gasteiger partial charge < -0.3 is 0 Å². The average molecular weight is 300 g/mol. The second kappa shape index (κ2) is 6.01. The van der Waals surface area contributed by atoms with Gasteiger partial charge in [-0.05, 0) is 38.8 Å². The minimum atomic E-state index is 0.508. The van der Waals surface area contributed by atoms with Gasteiger partial charge >= 0.3 is 0 Å². The van der Waals surface area contributed by atoms with Crippen LogP contribution in [0.15, 0.2) is 12.3 Å². The van der Waals surface area contributed by atoms with Crippen LogP contribution in [0.25, 0.3) is 0 Å². The third-order valence-corrected chi connectivity index (χ3v) is 4.29. The Hall–Kier alpha value is -0.350. The van der Waals surface area contributed by atoms with E-state index >= 15 is 0 Å². The zero-order chi connectivity index (χ0) is 12.3. The zero-order valence-corrected chi connectivity index (χ0v) is 12.4. The van der Waals surface area contributed by atoms with Crippen LogP contribution in [0.1, 0.15) is 44.8 Å². The summed E-state index contributed by atoms with van der Waals surface area (Å²) in [5.41, 5.74) is 1.20. The molecule has 2 unspecified atom stereocenters. The van der Waals surface area contributed by atoms with Gasteiger partial charge in [0.15, 0.2) is 0 Å². The van der Waals surface area contributed by atoms with Gasteiger partial charge in [0.1, 0.15) is 0 Å². The molecule has 0 amide bonds. The van der Waals surface area contributed by atoms with Crippen molar-refractivity contribution in [2.75, 3.05) is 13.1 Å². The number of nitrogens with zero attached hydrogens (tertiary/aromatic N) is 3. The van der Waals surface area contributed by atoms with E-state index in [-0.39, 0.29) is 0 Å². The maximum Gasteiger partial charge on any atom is 0.0764 e. The first-order valence-corrected chi connectivity index (χ1v) is 7.51. The van der Waals surface area contributed by atoms with Gasteiger partial charge in [-0.15, -0.1) is 0 Å². The lowest BCUT2D eigenvalue weighted by Crippen LogP contribution is -2.35. The molecule has 0 saturated carbocycles. The molecular formula is C13H22BrN3. The number of hydrogen-bond acceptors (Lipinski definition) is 2. The van der Waals surface area contributed by atoms with E-state index in [0.29, 0.717) is 10.9 Å². The van der Waals surface area contributed by atoms with Gasteiger partial charge in [-0.1, -0.05) is 22.9 Å². The van der Waals surface area contributed by atoms with Crippen molar-refractivity contribution < 1.29 is 0 Å². The van der Waals surface area contributed by atoms with Crippen LogP contribution < -0.4 is 0 Å². The molecule has 2 rings (SSSR count). The topological polar surface area (TPSA) is 21.1 Å².